The molecule has 0 aliphatic carbocycles. The van der Waals surface area contributed by atoms with E-state index in [-0.39, 0.29) is 0 Å². The fourth-order valence-electron chi connectivity index (χ4n) is 2.24. The maximum Gasteiger partial charge on any atom is 0.278 e. The molecule has 0 N–H and O–H groups in total. The van der Waals surface area contributed by atoms with Crippen LogP contribution in [0.2, 0.25) is 19.6 Å². The van der Waals surface area contributed by atoms with Gasteiger partial charge in [0.15, 0.2) is 0 Å². The predicted octanol–water partition coefficient (Wildman–Crippen LogP) is 4.23. The maximum absolute atomic E-state index is 13.8. The Morgan fingerprint density at radius 3 is 1.78 bits per heavy atom. The highest BCUT2D eigenvalue weighted by atomic mass is 31.2. The number of benzene rings is 2. The summed E-state index contributed by atoms with van der Waals surface area (Å²) in [6, 6.07) is 19.3. The van der Waals surface area contributed by atoms with Crippen molar-refractivity contribution in [3.8, 4) is 0 Å². The number of hydrogen-bond acceptors (Lipinski definition) is 3. The Morgan fingerprint density at radius 1 is 0.957 bits per heavy atom. The van der Waals surface area contributed by atoms with Gasteiger partial charge in [0.1, 0.15) is 7.14 Å². The quantitative estimate of drug-likeness (QED) is 0.340. The summed E-state index contributed by atoms with van der Waals surface area (Å²) in [6.07, 6.45) is 0.394. The highest BCUT2D eigenvalue weighted by molar-refractivity contribution is 7.79. The minimum absolute atomic E-state index is 0.394. The molecule has 3 nitrogen and oxygen atoms in total. The highest BCUT2D eigenvalue weighted by Crippen LogP contribution is 2.43. The van der Waals surface area contributed by atoms with E-state index in [0.29, 0.717) is 6.16 Å². The van der Waals surface area contributed by atoms with Gasteiger partial charge >= 0.3 is 0 Å². The molecule has 0 aromatic heterocycles. The zero-order chi connectivity index (χ0) is 16.9. The van der Waals surface area contributed by atoms with Crippen molar-refractivity contribution in [2.24, 2.45) is 5.16 Å². The van der Waals surface area contributed by atoms with Crippen molar-refractivity contribution in [2.75, 3.05) is 6.16 Å². The first kappa shape index (κ1) is 17.7. The van der Waals surface area contributed by atoms with Crippen LogP contribution in [-0.4, -0.2) is 20.2 Å². The van der Waals surface area contributed by atoms with E-state index < -0.39 is 15.5 Å². The predicted molar refractivity (Wildman–Crippen MR) is 102 cm³/mol. The molecule has 0 saturated carbocycles. The fourth-order valence-corrected chi connectivity index (χ4v) is 5.34. The molecule has 0 saturated heterocycles. The van der Waals surface area contributed by atoms with Crippen molar-refractivity contribution in [2.45, 2.75) is 26.6 Å². The molecule has 0 radical (unpaired) electrons. The van der Waals surface area contributed by atoms with Crippen LogP contribution in [0, 0.1) is 0 Å². The molecule has 0 heterocycles. The Labute approximate surface area is 139 Å². The molecule has 5 heteroatoms. The molecule has 2 aromatic carbocycles. The van der Waals surface area contributed by atoms with Gasteiger partial charge in [-0.05, 0) is 26.6 Å². The molecule has 2 rings (SSSR count). The van der Waals surface area contributed by atoms with Gasteiger partial charge in [-0.2, -0.15) is 0 Å². The number of nitrogens with zero attached hydrogens (tertiary/aromatic N) is 1. The lowest BCUT2D eigenvalue weighted by molar-refractivity contribution is 0.334. The first-order valence-corrected chi connectivity index (χ1v) is 13.0. The summed E-state index contributed by atoms with van der Waals surface area (Å²) in [7, 11) is -4.49. The van der Waals surface area contributed by atoms with Crippen LogP contribution in [0.15, 0.2) is 65.8 Å². The SMILES string of the molecule is C/C(CP(=O)(c1ccccc1)c1ccccc1)=N\O[Si](C)(C)C. The van der Waals surface area contributed by atoms with E-state index in [4.69, 9.17) is 4.53 Å². The van der Waals surface area contributed by atoms with Crippen LogP contribution in [0.25, 0.3) is 0 Å². The van der Waals surface area contributed by atoms with Crippen LogP contribution >= 0.6 is 7.14 Å². The molecule has 0 atom stereocenters. The standard InChI is InChI=1S/C18H24NO2PSi/c1-16(19-21-23(2,3)4)15-22(20,17-11-7-5-8-12-17)18-13-9-6-10-14-18/h5-14H,15H2,1-4H3/b19-16+. The van der Waals surface area contributed by atoms with Crippen LogP contribution in [0.5, 0.6) is 0 Å². The third-order valence-corrected chi connectivity index (χ3v) is 7.08. The summed E-state index contributed by atoms with van der Waals surface area (Å²) in [4.78, 5) is 0. The van der Waals surface area contributed by atoms with Crippen LogP contribution in [0.4, 0.5) is 0 Å². The van der Waals surface area contributed by atoms with Crippen molar-refractivity contribution in [3.05, 3.63) is 60.7 Å². The summed E-state index contributed by atoms with van der Waals surface area (Å²) in [5.41, 5.74) is 0.767. The van der Waals surface area contributed by atoms with Gasteiger partial charge in [0, 0.05) is 10.6 Å². The van der Waals surface area contributed by atoms with Gasteiger partial charge in [-0.25, -0.2) is 0 Å². The van der Waals surface area contributed by atoms with E-state index in [9.17, 15) is 4.57 Å². The summed E-state index contributed by atoms with van der Waals surface area (Å²) in [5.74, 6) is 0. The van der Waals surface area contributed by atoms with Crippen molar-refractivity contribution in [1.29, 1.82) is 0 Å². The minimum Gasteiger partial charge on any atom is -0.456 e. The fraction of sp³-hybridized carbons (Fsp3) is 0.278. The van der Waals surface area contributed by atoms with Crippen LogP contribution in [0.3, 0.4) is 0 Å². The second-order valence-electron chi connectivity index (χ2n) is 6.60. The molecule has 0 aliphatic heterocycles. The van der Waals surface area contributed by atoms with E-state index in [1.807, 2.05) is 67.6 Å². The molecule has 0 aliphatic rings. The lowest BCUT2D eigenvalue weighted by Crippen LogP contribution is -2.25. The number of oxime groups is 1. The molecule has 0 amide bonds. The molecule has 0 fully saturated rings. The molecule has 0 bridgehead atoms. The van der Waals surface area contributed by atoms with E-state index in [1.54, 1.807) is 0 Å². The molecule has 122 valence electrons. The summed E-state index contributed by atoms with van der Waals surface area (Å²) in [5, 5.41) is 5.95. The molecule has 0 unspecified atom stereocenters. The Kier molecular flexibility index (Phi) is 5.61. The smallest absolute Gasteiger partial charge is 0.278 e. The van der Waals surface area contributed by atoms with Gasteiger partial charge in [0.05, 0.1) is 11.9 Å². The third-order valence-electron chi connectivity index (χ3n) is 3.27. The van der Waals surface area contributed by atoms with Crippen LogP contribution in [-0.2, 0) is 9.09 Å². The normalized spacial score (nSPS) is 13.0. The first-order chi connectivity index (χ1) is 10.8. The molecule has 2 aromatic rings. The maximum atomic E-state index is 13.8. The van der Waals surface area contributed by atoms with Crippen LogP contribution < -0.4 is 10.6 Å². The highest BCUT2D eigenvalue weighted by Gasteiger charge is 2.28. The van der Waals surface area contributed by atoms with Crippen molar-refractivity contribution in [1.82, 2.24) is 0 Å². The van der Waals surface area contributed by atoms with E-state index >= 15 is 0 Å². The second kappa shape index (κ2) is 7.29. The second-order valence-corrected chi connectivity index (χ2v) is 13.8. The summed E-state index contributed by atoms with van der Waals surface area (Å²) in [6.45, 7) is 8.13. The zero-order valence-corrected chi connectivity index (χ0v) is 16.1. The molecular formula is C18H24NO2PSi. The lowest BCUT2D eigenvalue weighted by Gasteiger charge is -2.20. The summed E-state index contributed by atoms with van der Waals surface area (Å²) < 4.78 is 19.4. The summed E-state index contributed by atoms with van der Waals surface area (Å²) >= 11 is 0. The Hall–Kier alpha value is -1.64. The lowest BCUT2D eigenvalue weighted by atomic mass is 10.4. The Balaban J connectivity index is 2.38. The van der Waals surface area contributed by atoms with Crippen molar-refractivity contribution >= 4 is 31.8 Å². The topological polar surface area (TPSA) is 38.7 Å². The van der Waals surface area contributed by atoms with E-state index in [2.05, 4.69) is 24.8 Å². The van der Waals surface area contributed by atoms with E-state index in [1.165, 1.54) is 0 Å². The average Bonchev–Trinajstić information content (AvgIpc) is 2.54. The molecular weight excluding hydrogens is 321 g/mol. The minimum atomic E-state index is -2.76. The zero-order valence-electron chi connectivity index (χ0n) is 14.2. The van der Waals surface area contributed by atoms with E-state index in [0.717, 1.165) is 16.3 Å². The van der Waals surface area contributed by atoms with Crippen molar-refractivity contribution in [3.63, 3.8) is 0 Å². The van der Waals surface area contributed by atoms with Gasteiger partial charge in [0.2, 0.25) is 0 Å². The molecule has 0 spiro atoms. The third kappa shape index (κ3) is 4.92. The largest absolute Gasteiger partial charge is 0.456 e. The van der Waals surface area contributed by atoms with Gasteiger partial charge in [0.25, 0.3) is 8.32 Å². The number of rotatable bonds is 6. The Morgan fingerprint density at radius 2 is 1.39 bits per heavy atom. The van der Waals surface area contributed by atoms with Gasteiger partial charge in [-0.1, -0.05) is 60.7 Å². The Bertz CT molecular complexity index is 665. The first-order valence-electron chi connectivity index (χ1n) is 7.73. The van der Waals surface area contributed by atoms with Gasteiger partial charge in [-0.15, -0.1) is 5.16 Å². The van der Waals surface area contributed by atoms with Gasteiger partial charge in [-0.3, -0.25) is 0 Å². The van der Waals surface area contributed by atoms with Crippen LogP contribution in [0.1, 0.15) is 6.92 Å². The monoisotopic (exact) mass is 345 g/mol. The van der Waals surface area contributed by atoms with Gasteiger partial charge < -0.3 is 9.09 Å². The van der Waals surface area contributed by atoms with Crippen molar-refractivity contribution < 1.29 is 9.09 Å². The number of hydrogen-bond donors (Lipinski definition) is 0. The molecule has 23 heavy (non-hydrogen) atoms. The average molecular weight is 345 g/mol.